The van der Waals surface area contributed by atoms with E-state index in [0.717, 1.165) is 38.5 Å². The number of ether oxygens (including phenoxy) is 2. The van der Waals surface area contributed by atoms with Crippen molar-refractivity contribution in [3.8, 4) is 0 Å². The van der Waals surface area contributed by atoms with E-state index in [1.54, 1.807) is 6.08 Å². The molecule has 0 rings (SSSR count). The molecule has 2 atom stereocenters. The zero-order chi connectivity index (χ0) is 38.6. The van der Waals surface area contributed by atoms with Gasteiger partial charge in [-0.2, -0.15) is 0 Å². The Bertz CT molecular complexity index is 907. The quantitative estimate of drug-likeness (QED) is 0.0200. The molecule has 0 heterocycles. The van der Waals surface area contributed by atoms with Gasteiger partial charge in [-0.3, -0.25) is 9.36 Å². The SMILES string of the molecule is CCCCCCCCCCCCCCCC=CC(=O)OC[C@H](COP(=O)([O-])OCC[N+](C)(C)C)OC(=O)CCCCCCCCCCCCCCC. The molecule has 0 saturated carbocycles. The smallest absolute Gasteiger partial charge is 0.330 e. The van der Waals surface area contributed by atoms with Gasteiger partial charge in [0.2, 0.25) is 0 Å². The van der Waals surface area contributed by atoms with Gasteiger partial charge in [-0.15, -0.1) is 0 Å². The molecule has 0 spiro atoms. The van der Waals surface area contributed by atoms with Crippen LogP contribution in [0.2, 0.25) is 0 Å². The molecule has 0 amide bonds. The van der Waals surface area contributed by atoms with Crippen LogP contribution in [0.1, 0.15) is 194 Å². The lowest BCUT2D eigenvalue weighted by molar-refractivity contribution is -0.870. The third-order valence-electron chi connectivity index (χ3n) is 9.35. The van der Waals surface area contributed by atoms with E-state index in [0.29, 0.717) is 17.4 Å². The van der Waals surface area contributed by atoms with Crippen molar-refractivity contribution < 1.29 is 42.1 Å². The zero-order valence-electron chi connectivity index (χ0n) is 34.5. The summed E-state index contributed by atoms with van der Waals surface area (Å²) in [6.07, 6.45) is 35.6. The van der Waals surface area contributed by atoms with Gasteiger partial charge < -0.3 is 27.9 Å². The van der Waals surface area contributed by atoms with Gasteiger partial charge in [0.25, 0.3) is 7.82 Å². The minimum Gasteiger partial charge on any atom is -0.756 e. The Morgan fingerprint density at radius 3 is 1.48 bits per heavy atom. The lowest BCUT2D eigenvalue weighted by Crippen LogP contribution is -2.37. The van der Waals surface area contributed by atoms with Crippen molar-refractivity contribution in [2.24, 2.45) is 0 Å². The van der Waals surface area contributed by atoms with E-state index in [4.69, 9.17) is 18.5 Å². The van der Waals surface area contributed by atoms with Crippen molar-refractivity contribution in [3.63, 3.8) is 0 Å². The second kappa shape index (κ2) is 35.5. The van der Waals surface area contributed by atoms with E-state index in [-0.39, 0.29) is 19.6 Å². The number of nitrogens with zero attached hydrogens (tertiary/aromatic N) is 1. The highest BCUT2D eigenvalue weighted by molar-refractivity contribution is 7.45. The van der Waals surface area contributed by atoms with Crippen molar-refractivity contribution in [1.82, 2.24) is 0 Å². The van der Waals surface area contributed by atoms with Gasteiger partial charge >= 0.3 is 11.9 Å². The van der Waals surface area contributed by atoms with Crippen molar-refractivity contribution in [2.45, 2.75) is 200 Å². The Labute approximate surface area is 320 Å². The largest absolute Gasteiger partial charge is 0.756 e. The predicted octanol–water partition coefficient (Wildman–Crippen LogP) is 11.2. The van der Waals surface area contributed by atoms with E-state index in [9.17, 15) is 19.0 Å². The van der Waals surface area contributed by atoms with Crippen LogP contribution in [0, 0.1) is 0 Å². The average Bonchev–Trinajstić information content (AvgIpc) is 3.09. The number of rotatable bonds is 39. The number of phosphoric acid groups is 1. The molecule has 0 aromatic heterocycles. The lowest BCUT2D eigenvalue weighted by Gasteiger charge is -2.28. The fourth-order valence-electron chi connectivity index (χ4n) is 5.97. The lowest BCUT2D eigenvalue weighted by atomic mass is 10.0. The molecule has 0 radical (unpaired) electrons. The molecule has 0 bridgehead atoms. The van der Waals surface area contributed by atoms with Crippen molar-refractivity contribution in [2.75, 3.05) is 47.5 Å². The number of allylic oxidation sites excluding steroid dienone is 1. The summed E-state index contributed by atoms with van der Waals surface area (Å²) in [5.74, 6) is -1.02. The molecule has 308 valence electrons. The number of hydrogen-bond donors (Lipinski definition) is 0. The molecule has 52 heavy (non-hydrogen) atoms. The summed E-state index contributed by atoms with van der Waals surface area (Å²) in [6, 6.07) is 0. The van der Waals surface area contributed by atoms with Gasteiger partial charge in [-0.05, 0) is 19.3 Å². The Balaban J connectivity index is 4.40. The molecule has 0 aromatic carbocycles. The van der Waals surface area contributed by atoms with Gasteiger partial charge in [0, 0.05) is 12.5 Å². The van der Waals surface area contributed by atoms with Crippen LogP contribution in [0.15, 0.2) is 12.2 Å². The monoisotopic (exact) mass is 760 g/mol. The first kappa shape index (κ1) is 50.8. The molecule has 0 fully saturated rings. The number of hydrogen-bond acceptors (Lipinski definition) is 8. The first-order valence-electron chi connectivity index (χ1n) is 21.4. The van der Waals surface area contributed by atoms with Crippen LogP contribution in [-0.2, 0) is 32.7 Å². The Morgan fingerprint density at radius 1 is 0.615 bits per heavy atom. The highest BCUT2D eigenvalue weighted by Gasteiger charge is 2.21. The van der Waals surface area contributed by atoms with Crippen LogP contribution in [-0.4, -0.2) is 70.0 Å². The molecule has 0 aromatic rings. The molecule has 0 N–H and O–H groups in total. The predicted molar refractivity (Wildman–Crippen MR) is 213 cm³/mol. The maximum Gasteiger partial charge on any atom is 0.330 e. The van der Waals surface area contributed by atoms with E-state index in [1.165, 1.54) is 134 Å². The van der Waals surface area contributed by atoms with Crippen LogP contribution in [0.25, 0.3) is 0 Å². The van der Waals surface area contributed by atoms with Crippen molar-refractivity contribution >= 4 is 19.8 Å². The summed E-state index contributed by atoms with van der Waals surface area (Å²) in [5.41, 5.74) is 0. The zero-order valence-corrected chi connectivity index (χ0v) is 35.4. The van der Waals surface area contributed by atoms with Crippen LogP contribution in [0.3, 0.4) is 0 Å². The first-order chi connectivity index (χ1) is 25.0. The molecule has 9 nitrogen and oxygen atoms in total. The number of carbonyl (C=O) groups excluding carboxylic acids is 2. The van der Waals surface area contributed by atoms with Gasteiger partial charge in [0.1, 0.15) is 19.8 Å². The van der Waals surface area contributed by atoms with E-state index in [2.05, 4.69) is 13.8 Å². The number of esters is 2. The maximum absolute atomic E-state index is 12.6. The standard InChI is InChI=1S/C42H82NO8P/c1-6-8-10-12-14-16-18-20-21-23-24-26-28-30-32-34-41(44)48-38-40(39-50-52(46,47)49-37-36-43(3,4)5)51-42(45)35-33-31-29-27-25-22-19-17-15-13-11-9-7-2/h32,34,40H,6-31,33,35-39H2,1-5H3/t40-/m1/s1. The van der Waals surface area contributed by atoms with Crippen molar-refractivity contribution in [3.05, 3.63) is 12.2 Å². The number of carbonyl (C=O) groups is 2. The molecule has 0 saturated heterocycles. The maximum atomic E-state index is 12.6. The van der Waals surface area contributed by atoms with Crippen LogP contribution in [0.5, 0.6) is 0 Å². The second-order valence-electron chi connectivity index (χ2n) is 15.8. The number of likely N-dealkylation sites (N-methyl/N-ethyl adjacent to an activating group) is 1. The van der Waals surface area contributed by atoms with Crippen LogP contribution in [0.4, 0.5) is 0 Å². The molecule has 10 heteroatoms. The van der Waals surface area contributed by atoms with Crippen molar-refractivity contribution in [1.29, 1.82) is 0 Å². The Kier molecular flexibility index (Phi) is 34.6. The second-order valence-corrected chi connectivity index (χ2v) is 17.2. The molecule has 1 unspecified atom stereocenters. The average molecular weight is 760 g/mol. The summed E-state index contributed by atoms with van der Waals surface area (Å²) in [5, 5.41) is 0. The van der Waals surface area contributed by atoms with Crippen LogP contribution < -0.4 is 4.89 Å². The van der Waals surface area contributed by atoms with E-state index >= 15 is 0 Å². The highest BCUT2D eigenvalue weighted by atomic mass is 31.2. The summed E-state index contributed by atoms with van der Waals surface area (Å²) in [4.78, 5) is 37.3. The fraction of sp³-hybridized carbons (Fsp3) is 0.905. The normalized spacial score (nSPS) is 13.7. The van der Waals surface area contributed by atoms with Gasteiger partial charge in [0.15, 0.2) is 6.10 Å². The minimum absolute atomic E-state index is 0.0349. The topological polar surface area (TPSA) is 111 Å². The van der Waals surface area contributed by atoms with Gasteiger partial charge in [-0.1, -0.05) is 174 Å². The van der Waals surface area contributed by atoms with Gasteiger partial charge in [-0.25, -0.2) is 4.79 Å². The number of quaternary nitrogens is 1. The number of phosphoric ester groups is 1. The first-order valence-corrected chi connectivity index (χ1v) is 22.9. The summed E-state index contributed by atoms with van der Waals surface area (Å²) >= 11 is 0. The number of unbranched alkanes of at least 4 members (excludes halogenated alkanes) is 25. The molecule has 0 aliphatic carbocycles. The summed E-state index contributed by atoms with van der Waals surface area (Å²) < 4.78 is 33.7. The molecule has 0 aliphatic rings. The third kappa shape index (κ3) is 38.5. The third-order valence-corrected chi connectivity index (χ3v) is 10.3. The highest BCUT2D eigenvalue weighted by Crippen LogP contribution is 2.38. The summed E-state index contributed by atoms with van der Waals surface area (Å²) in [7, 11) is 1.15. The fourth-order valence-corrected chi connectivity index (χ4v) is 6.70. The minimum atomic E-state index is -4.63. The van der Waals surface area contributed by atoms with Gasteiger partial charge in [0.05, 0.1) is 27.7 Å². The Morgan fingerprint density at radius 2 is 1.04 bits per heavy atom. The molecular formula is C42H82NO8P. The van der Waals surface area contributed by atoms with Crippen LogP contribution >= 0.6 is 7.82 Å². The van der Waals surface area contributed by atoms with E-state index in [1.807, 2.05) is 21.1 Å². The summed E-state index contributed by atoms with van der Waals surface area (Å²) in [6.45, 7) is 4.16. The molecule has 0 aliphatic heterocycles. The molecular weight excluding hydrogens is 677 g/mol. The Hall–Kier alpha value is -1.25. The van der Waals surface area contributed by atoms with E-state index < -0.39 is 32.5 Å².